The van der Waals surface area contributed by atoms with Crippen molar-refractivity contribution in [2.75, 3.05) is 20.3 Å². The lowest BCUT2D eigenvalue weighted by molar-refractivity contribution is 0.103. The summed E-state index contributed by atoms with van der Waals surface area (Å²) in [6.07, 6.45) is 1.47. The molecule has 2 rings (SSSR count). The van der Waals surface area contributed by atoms with Gasteiger partial charge in [0, 0.05) is 12.7 Å². The average Bonchev–Trinajstić information content (AvgIpc) is 2.86. The minimum atomic E-state index is -0.116. The third-order valence-electron chi connectivity index (χ3n) is 2.60. The quantitative estimate of drug-likeness (QED) is 0.539. The number of carbonyl (C=O) groups is 1. The van der Waals surface area contributed by atoms with Crippen molar-refractivity contribution >= 4 is 37.6 Å². The van der Waals surface area contributed by atoms with Crippen molar-refractivity contribution in [3.63, 3.8) is 0 Å². The van der Waals surface area contributed by atoms with E-state index in [0.717, 1.165) is 4.47 Å². The summed E-state index contributed by atoms with van der Waals surface area (Å²) in [6, 6.07) is 6.82. The molecule has 0 spiro atoms. The Morgan fingerprint density at radius 3 is 2.65 bits per heavy atom. The Morgan fingerprint density at radius 2 is 2.05 bits per heavy atom. The minimum absolute atomic E-state index is 0.116. The molecule has 0 N–H and O–H groups in total. The average molecular weight is 404 g/mol. The first-order valence-corrected chi connectivity index (χ1v) is 7.41. The Hall–Kier alpha value is -1.11. The molecule has 0 aliphatic heterocycles. The maximum atomic E-state index is 12.3. The van der Waals surface area contributed by atoms with Crippen LogP contribution >= 0.6 is 31.9 Å². The first-order chi connectivity index (χ1) is 9.63. The van der Waals surface area contributed by atoms with Gasteiger partial charge in [-0.3, -0.25) is 4.79 Å². The maximum Gasteiger partial charge on any atom is 0.197 e. The summed E-state index contributed by atoms with van der Waals surface area (Å²) in [6.45, 7) is 0.963. The molecule has 0 bridgehead atoms. The highest BCUT2D eigenvalue weighted by Gasteiger charge is 2.16. The van der Waals surface area contributed by atoms with Gasteiger partial charge in [0.25, 0.3) is 0 Å². The summed E-state index contributed by atoms with van der Waals surface area (Å²) >= 11 is 6.60. The molecule has 1 aromatic carbocycles. The van der Waals surface area contributed by atoms with Crippen LogP contribution < -0.4 is 4.74 Å². The number of ketones is 1. The molecule has 1 heterocycles. The van der Waals surface area contributed by atoms with Gasteiger partial charge in [-0.25, -0.2) is 0 Å². The number of halogens is 2. The van der Waals surface area contributed by atoms with E-state index >= 15 is 0 Å². The molecule has 0 aliphatic rings. The van der Waals surface area contributed by atoms with Gasteiger partial charge in [0.1, 0.15) is 12.4 Å². The summed E-state index contributed by atoms with van der Waals surface area (Å²) in [7, 11) is 1.61. The highest BCUT2D eigenvalue weighted by molar-refractivity contribution is 9.10. The fourth-order valence-electron chi connectivity index (χ4n) is 1.61. The summed E-state index contributed by atoms with van der Waals surface area (Å²) in [4.78, 5) is 12.3. The van der Waals surface area contributed by atoms with E-state index in [4.69, 9.17) is 13.9 Å². The van der Waals surface area contributed by atoms with Crippen molar-refractivity contribution in [3.05, 3.63) is 50.8 Å². The Morgan fingerprint density at radius 1 is 1.25 bits per heavy atom. The lowest BCUT2D eigenvalue weighted by Crippen LogP contribution is -2.05. The van der Waals surface area contributed by atoms with Gasteiger partial charge in [0.2, 0.25) is 0 Å². The number of carbonyl (C=O) groups excluding carboxylic acids is 1. The molecule has 0 aliphatic carbocycles. The van der Waals surface area contributed by atoms with Crippen molar-refractivity contribution < 1.29 is 18.7 Å². The lowest BCUT2D eigenvalue weighted by atomic mass is 10.1. The van der Waals surface area contributed by atoms with Crippen molar-refractivity contribution in [1.29, 1.82) is 0 Å². The molecule has 106 valence electrons. The van der Waals surface area contributed by atoms with Crippen molar-refractivity contribution in [2.45, 2.75) is 0 Å². The van der Waals surface area contributed by atoms with Crippen LogP contribution in [0.15, 0.2) is 44.1 Å². The van der Waals surface area contributed by atoms with Crippen LogP contribution in [-0.2, 0) is 4.74 Å². The molecule has 6 heteroatoms. The molecule has 0 atom stereocenters. The fraction of sp³-hybridized carbons (Fsp3) is 0.214. The molecule has 0 amide bonds. The largest absolute Gasteiger partial charge is 0.490 e. The Kier molecular flexibility index (Phi) is 5.39. The van der Waals surface area contributed by atoms with Gasteiger partial charge in [-0.2, -0.15) is 0 Å². The van der Waals surface area contributed by atoms with Gasteiger partial charge in [-0.15, -0.1) is 0 Å². The molecule has 0 unspecified atom stereocenters. The lowest BCUT2D eigenvalue weighted by Gasteiger charge is -2.08. The number of ether oxygens (including phenoxy) is 2. The zero-order valence-electron chi connectivity index (χ0n) is 10.7. The van der Waals surface area contributed by atoms with E-state index in [1.54, 1.807) is 31.4 Å². The molecule has 4 nitrogen and oxygen atoms in total. The number of furan rings is 1. The monoisotopic (exact) mass is 402 g/mol. The predicted octanol–water partition coefficient (Wildman–Crippen LogP) is 4.06. The highest BCUT2D eigenvalue weighted by atomic mass is 79.9. The number of rotatable bonds is 6. The molecule has 20 heavy (non-hydrogen) atoms. The molecule has 1 aromatic heterocycles. The molecule has 0 fully saturated rings. The van der Waals surface area contributed by atoms with E-state index in [9.17, 15) is 4.79 Å². The summed E-state index contributed by atoms with van der Waals surface area (Å²) < 4.78 is 16.7. The van der Waals surface area contributed by atoms with Gasteiger partial charge >= 0.3 is 0 Å². The number of hydrogen-bond donors (Lipinski definition) is 0. The van der Waals surface area contributed by atoms with Crippen molar-refractivity contribution in [3.8, 4) is 5.75 Å². The van der Waals surface area contributed by atoms with E-state index in [2.05, 4.69) is 31.9 Å². The van der Waals surface area contributed by atoms with Crippen molar-refractivity contribution in [1.82, 2.24) is 0 Å². The van der Waals surface area contributed by atoms with Crippen LogP contribution in [0.3, 0.4) is 0 Å². The van der Waals surface area contributed by atoms with Gasteiger partial charge in [-0.05, 0) is 56.1 Å². The standard InChI is InChI=1S/C14H12Br2O4/c1-18-6-7-19-12-3-2-9(8-11(12)15)13(17)10-4-5-20-14(10)16/h2-5,8H,6-7H2,1H3. The van der Waals surface area contributed by atoms with Crippen LogP contribution in [0.5, 0.6) is 5.75 Å². The van der Waals surface area contributed by atoms with E-state index in [1.807, 2.05) is 0 Å². The molecular weight excluding hydrogens is 392 g/mol. The predicted molar refractivity (Wildman–Crippen MR) is 81.4 cm³/mol. The summed E-state index contributed by atoms with van der Waals surface area (Å²) in [5.74, 6) is 0.555. The van der Waals surface area contributed by atoms with Crippen LogP contribution in [0.4, 0.5) is 0 Å². The van der Waals surface area contributed by atoms with Crippen LogP contribution in [0.25, 0.3) is 0 Å². The molecular formula is C14H12Br2O4. The topological polar surface area (TPSA) is 48.7 Å². The van der Waals surface area contributed by atoms with E-state index in [1.165, 1.54) is 6.26 Å². The Balaban J connectivity index is 2.16. The second kappa shape index (κ2) is 7.06. The van der Waals surface area contributed by atoms with Gasteiger partial charge < -0.3 is 13.9 Å². The zero-order valence-corrected chi connectivity index (χ0v) is 13.9. The third-order valence-corrected chi connectivity index (χ3v) is 3.84. The Labute approximate surface area is 133 Å². The second-order valence-electron chi connectivity index (χ2n) is 3.92. The van der Waals surface area contributed by atoms with Crippen molar-refractivity contribution in [2.24, 2.45) is 0 Å². The number of methoxy groups -OCH3 is 1. The molecule has 0 saturated heterocycles. The van der Waals surface area contributed by atoms with E-state index < -0.39 is 0 Å². The van der Waals surface area contributed by atoms with Crippen LogP contribution in [0, 0.1) is 0 Å². The molecule has 2 aromatic rings. The molecule has 0 radical (unpaired) electrons. The zero-order chi connectivity index (χ0) is 14.5. The first-order valence-electron chi connectivity index (χ1n) is 5.82. The maximum absolute atomic E-state index is 12.3. The van der Waals surface area contributed by atoms with Crippen LogP contribution in [-0.4, -0.2) is 26.1 Å². The summed E-state index contributed by atoms with van der Waals surface area (Å²) in [5.41, 5.74) is 1.04. The van der Waals surface area contributed by atoms with Crippen LogP contribution in [0.1, 0.15) is 15.9 Å². The number of benzene rings is 1. The van der Waals surface area contributed by atoms with E-state index in [0.29, 0.717) is 34.8 Å². The van der Waals surface area contributed by atoms with Crippen LogP contribution in [0.2, 0.25) is 0 Å². The van der Waals surface area contributed by atoms with Gasteiger partial charge in [-0.1, -0.05) is 0 Å². The molecule has 0 saturated carbocycles. The summed E-state index contributed by atoms with van der Waals surface area (Å²) in [5, 5.41) is 0. The Bertz CT molecular complexity index is 607. The van der Waals surface area contributed by atoms with Gasteiger partial charge in [0.15, 0.2) is 10.5 Å². The third kappa shape index (κ3) is 3.50. The normalized spacial score (nSPS) is 10.6. The highest BCUT2D eigenvalue weighted by Crippen LogP contribution is 2.28. The fourth-order valence-corrected chi connectivity index (χ4v) is 2.52. The smallest absolute Gasteiger partial charge is 0.197 e. The first kappa shape index (κ1) is 15.3. The SMILES string of the molecule is COCCOc1ccc(C(=O)c2ccoc2Br)cc1Br. The minimum Gasteiger partial charge on any atom is -0.490 e. The van der Waals surface area contributed by atoms with E-state index in [-0.39, 0.29) is 5.78 Å². The second-order valence-corrected chi connectivity index (χ2v) is 5.50. The number of hydrogen-bond acceptors (Lipinski definition) is 4. The van der Waals surface area contributed by atoms with Gasteiger partial charge in [0.05, 0.1) is 22.9 Å².